The second-order valence-electron chi connectivity index (χ2n) is 1.79. The van der Waals surface area contributed by atoms with Crippen molar-refractivity contribution >= 4 is 14.7 Å². The maximum absolute atomic E-state index is 8.93. The summed E-state index contributed by atoms with van der Waals surface area (Å²) in [5.41, 5.74) is 0. The van der Waals surface area contributed by atoms with E-state index in [0.29, 0.717) is 31.1 Å². The standard InChI is InChI=1S/C6H4ClO.Hg/c7-5-3-1-2-4-6(5)8;/h2-4,8H;. The molecule has 0 unspecified atom stereocenters. The number of phenolic OH excluding ortho intramolecular Hbond substituents is 1. The number of rotatable bonds is 0. The molecule has 0 fully saturated rings. The Morgan fingerprint density at radius 3 is 2.56 bits per heavy atom. The van der Waals surface area contributed by atoms with Gasteiger partial charge >= 0.3 is 74.9 Å². The predicted octanol–water partition coefficient (Wildman–Crippen LogP) is 1.22. The van der Waals surface area contributed by atoms with Gasteiger partial charge in [0.05, 0.1) is 0 Å². The summed E-state index contributed by atoms with van der Waals surface area (Å²) < 4.78 is 1.25. The van der Waals surface area contributed by atoms with Gasteiger partial charge in [-0.05, 0) is 0 Å². The summed E-state index contributed by atoms with van der Waals surface area (Å²) in [5, 5.41) is 9.39. The molecule has 3 heteroatoms. The molecule has 0 spiro atoms. The van der Waals surface area contributed by atoms with Crippen LogP contribution in [-0.4, -0.2) is 5.11 Å². The van der Waals surface area contributed by atoms with Crippen molar-refractivity contribution in [1.82, 2.24) is 0 Å². The molecular formula is C6H4ClHgO. The van der Waals surface area contributed by atoms with E-state index in [2.05, 4.69) is 0 Å². The first-order valence-electron chi connectivity index (χ1n) is 2.50. The third-order valence-electron chi connectivity index (χ3n) is 1.01. The minimum absolute atomic E-state index is 0.172. The average Bonchev–Trinajstić information content (AvgIpc) is 1.80. The van der Waals surface area contributed by atoms with Gasteiger partial charge in [0.1, 0.15) is 0 Å². The van der Waals surface area contributed by atoms with Crippen LogP contribution in [0.3, 0.4) is 0 Å². The van der Waals surface area contributed by atoms with Crippen molar-refractivity contribution in [2.75, 3.05) is 0 Å². The molecule has 0 aromatic heterocycles. The van der Waals surface area contributed by atoms with Gasteiger partial charge in [0.2, 0.25) is 0 Å². The molecule has 1 aromatic rings. The van der Waals surface area contributed by atoms with E-state index in [4.69, 9.17) is 16.7 Å². The molecule has 1 rings (SSSR count). The van der Waals surface area contributed by atoms with Gasteiger partial charge in [-0.1, -0.05) is 0 Å². The maximum atomic E-state index is 8.93. The van der Waals surface area contributed by atoms with E-state index in [1.807, 2.05) is 6.07 Å². The van der Waals surface area contributed by atoms with Gasteiger partial charge in [0.25, 0.3) is 0 Å². The Balaban J connectivity index is 3.17. The van der Waals surface area contributed by atoms with Crippen molar-refractivity contribution in [3.05, 3.63) is 23.2 Å². The monoisotopic (exact) mass is 329 g/mol. The van der Waals surface area contributed by atoms with Gasteiger partial charge in [-0.15, -0.1) is 0 Å². The van der Waals surface area contributed by atoms with Crippen LogP contribution >= 0.6 is 11.6 Å². The van der Waals surface area contributed by atoms with Crippen LogP contribution in [0.1, 0.15) is 0 Å². The molecule has 0 saturated heterocycles. The van der Waals surface area contributed by atoms with E-state index < -0.39 is 0 Å². The van der Waals surface area contributed by atoms with E-state index in [0.717, 1.165) is 0 Å². The fourth-order valence-electron chi connectivity index (χ4n) is 0.550. The number of aromatic hydroxyl groups is 1. The summed E-state index contributed by atoms with van der Waals surface area (Å²) in [6.45, 7) is 0. The van der Waals surface area contributed by atoms with Crippen molar-refractivity contribution in [2.24, 2.45) is 0 Å². The molecule has 0 aliphatic rings. The van der Waals surface area contributed by atoms with E-state index in [9.17, 15) is 0 Å². The summed E-state index contributed by atoms with van der Waals surface area (Å²) in [7, 11) is 0. The van der Waals surface area contributed by atoms with Crippen LogP contribution in [0.15, 0.2) is 18.2 Å². The van der Waals surface area contributed by atoms with E-state index in [1.165, 1.54) is 3.07 Å². The first-order chi connectivity index (χ1) is 4.20. The van der Waals surface area contributed by atoms with Crippen LogP contribution in [0.2, 0.25) is 5.02 Å². The van der Waals surface area contributed by atoms with Crippen LogP contribution in [0.4, 0.5) is 0 Å². The Hall–Kier alpha value is 0.245. The number of halogens is 1. The van der Waals surface area contributed by atoms with Crippen molar-refractivity contribution in [3.63, 3.8) is 0 Å². The predicted molar refractivity (Wildman–Crippen MR) is 32.8 cm³/mol. The van der Waals surface area contributed by atoms with Crippen LogP contribution in [0.5, 0.6) is 5.75 Å². The molecule has 0 radical (unpaired) electrons. The summed E-state index contributed by atoms with van der Waals surface area (Å²) in [5.74, 6) is 0.172. The van der Waals surface area contributed by atoms with Crippen LogP contribution in [0, 0.1) is 0 Å². The number of benzene rings is 1. The molecule has 0 aliphatic carbocycles. The molecule has 1 N–H and O–H groups in total. The Morgan fingerprint density at radius 1 is 1.44 bits per heavy atom. The minimum atomic E-state index is 0.172. The first-order valence-corrected chi connectivity index (χ1v) is 5.63. The molecule has 0 bridgehead atoms. The van der Waals surface area contributed by atoms with E-state index in [-0.39, 0.29) is 5.75 Å². The van der Waals surface area contributed by atoms with Crippen molar-refractivity contribution in [3.8, 4) is 5.75 Å². The Labute approximate surface area is 74.6 Å². The SMILES string of the molecule is Oc1cc[c]([Hg])cc1Cl. The zero-order valence-corrected chi connectivity index (χ0v) is 11.0. The van der Waals surface area contributed by atoms with Crippen LogP contribution in [-0.2, 0) is 26.1 Å². The van der Waals surface area contributed by atoms with Crippen molar-refractivity contribution < 1.29 is 31.2 Å². The van der Waals surface area contributed by atoms with Crippen molar-refractivity contribution in [1.29, 1.82) is 0 Å². The van der Waals surface area contributed by atoms with E-state index >= 15 is 0 Å². The topological polar surface area (TPSA) is 20.2 Å². The summed E-state index contributed by atoms with van der Waals surface area (Å²) >= 11 is 6.19. The Bertz CT molecular complexity index is 224. The third kappa shape index (κ3) is 1.83. The van der Waals surface area contributed by atoms with Gasteiger partial charge in [-0.2, -0.15) is 0 Å². The van der Waals surface area contributed by atoms with Crippen LogP contribution in [0.25, 0.3) is 0 Å². The molecular weight excluding hydrogens is 324 g/mol. The third-order valence-corrected chi connectivity index (χ3v) is 3.02. The Morgan fingerprint density at radius 2 is 2.11 bits per heavy atom. The van der Waals surface area contributed by atoms with Gasteiger partial charge in [-0.25, -0.2) is 0 Å². The molecule has 9 heavy (non-hydrogen) atoms. The van der Waals surface area contributed by atoms with E-state index in [1.54, 1.807) is 12.1 Å². The average molecular weight is 328 g/mol. The summed E-state index contributed by atoms with van der Waals surface area (Å²) in [4.78, 5) is 0. The molecule has 1 aromatic carbocycles. The van der Waals surface area contributed by atoms with Crippen LogP contribution < -0.4 is 3.07 Å². The summed E-state index contributed by atoms with van der Waals surface area (Å²) in [6, 6.07) is 5.33. The molecule has 0 saturated carbocycles. The molecule has 43 valence electrons. The Kier molecular flexibility index (Phi) is 2.36. The zero-order chi connectivity index (χ0) is 6.85. The van der Waals surface area contributed by atoms with Gasteiger partial charge in [0, 0.05) is 0 Å². The molecule has 1 nitrogen and oxygen atoms in total. The zero-order valence-electron chi connectivity index (χ0n) is 4.76. The second kappa shape index (κ2) is 2.89. The molecule has 0 atom stereocenters. The van der Waals surface area contributed by atoms with Crippen molar-refractivity contribution in [2.45, 2.75) is 0 Å². The molecule has 0 aliphatic heterocycles. The van der Waals surface area contributed by atoms with Gasteiger partial charge < -0.3 is 0 Å². The summed E-state index contributed by atoms with van der Waals surface area (Å²) in [6.07, 6.45) is 0. The normalized spacial score (nSPS) is 9.67. The van der Waals surface area contributed by atoms with Gasteiger partial charge in [-0.3, -0.25) is 0 Å². The molecule has 0 amide bonds. The fourth-order valence-corrected chi connectivity index (χ4v) is 2.51. The number of hydrogen-bond donors (Lipinski definition) is 1. The first kappa shape index (κ1) is 7.35. The number of hydrogen-bond acceptors (Lipinski definition) is 1. The van der Waals surface area contributed by atoms with Gasteiger partial charge in [0.15, 0.2) is 0 Å². The fraction of sp³-hybridized carbons (Fsp3) is 0. The number of phenols is 1. The molecule has 0 heterocycles. The quantitative estimate of drug-likeness (QED) is 0.710. The second-order valence-corrected chi connectivity index (χ2v) is 5.37.